The van der Waals surface area contributed by atoms with Crippen LogP contribution in [0.2, 0.25) is 0 Å². The highest BCUT2D eigenvalue weighted by Gasteiger charge is 2.33. The molecule has 0 spiro atoms. The highest BCUT2D eigenvalue weighted by atomic mass is 32.2. The van der Waals surface area contributed by atoms with Gasteiger partial charge in [-0.05, 0) is 50.6 Å². The molecule has 9 heteroatoms. The third-order valence-corrected chi connectivity index (χ3v) is 7.86. The van der Waals surface area contributed by atoms with E-state index in [1.807, 2.05) is 38.1 Å². The van der Waals surface area contributed by atoms with E-state index in [0.29, 0.717) is 5.75 Å². The second kappa shape index (κ2) is 11.9. The van der Waals surface area contributed by atoms with Crippen molar-refractivity contribution in [2.45, 2.75) is 38.3 Å². The van der Waals surface area contributed by atoms with E-state index < -0.39 is 28.5 Å². The Morgan fingerprint density at radius 3 is 2.24 bits per heavy atom. The number of hydrogen-bond acceptors (Lipinski definition) is 5. The fourth-order valence-electron chi connectivity index (χ4n) is 3.99. The summed E-state index contributed by atoms with van der Waals surface area (Å²) in [7, 11) is -1.22. The molecule has 1 atom stereocenters. The summed E-state index contributed by atoms with van der Waals surface area (Å²) in [6.07, 6.45) is 0. The van der Waals surface area contributed by atoms with Crippen molar-refractivity contribution in [2.24, 2.45) is 0 Å². The molecule has 8 nitrogen and oxygen atoms in total. The third-order valence-electron chi connectivity index (χ3n) is 6.09. The number of aryl methyl sites for hydroxylation is 2. The maximum Gasteiger partial charge on any atom is 0.264 e. The minimum Gasteiger partial charge on any atom is -0.495 e. The summed E-state index contributed by atoms with van der Waals surface area (Å²) in [4.78, 5) is 27.8. The lowest BCUT2D eigenvalue weighted by molar-refractivity contribution is -0.139. The maximum atomic E-state index is 13.9. The lowest BCUT2D eigenvalue weighted by atomic mass is 10.1. The second-order valence-corrected chi connectivity index (χ2v) is 10.7. The number of sulfonamides is 1. The Bertz CT molecular complexity index is 1360. The van der Waals surface area contributed by atoms with Gasteiger partial charge in [-0.2, -0.15) is 0 Å². The van der Waals surface area contributed by atoms with Crippen LogP contribution in [0.4, 0.5) is 5.69 Å². The van der Waals surface area contributed by atoms with Crippen LogP contribution in [0.1, 0.15) is 23.6 Å². The number of nitrogens with zero attached hydrogens (tertiary/aromatic N) is 2. The first-order valence-corrected chi connectivity index (χ1v) is 13.3. The monoisotopic (exact) mass is 523 g/mol. The molecular weight excluding hydrogens is 490 g/mol. The number of carbonyl (C=O) groups excluding carboxylic acids is 2. The summed E-state index contributed by atoms with van der Waals surface area (Å²) in [5, 5.41) is 2.58. The van der Waals surface area contributed by atoms with Gasteiger partial charge < -0.3 is 15.0 Å². The number of ether oxygens (including phenoxy) is 1. The van der Waals surface area contributed by atoms with Gasteiger partial charge in [-0.3, -0.25) is 13.9 Å². The number of likely N-dealkylation sites (N-methyl/N-ethyl adjacent to an activating group) is 1. The number of hydrogen-bond donors (Lipinski definition) is 1. The molecule has 0 unspecified atom stereocenters. The highest BCUT2D eigenvalue weighted by molar-refractivity contribution is 7.92. The number of anilines is 1. The lowest BCUT2D eigenvalue weighted by Gasteiger charge is -2.32. The Morgan fingerprint density at radius 2 is 1.62 bits per heavy atom. The Balaban J connectivity index is 2.07. The minimum absolute atomic E-state index is 0.0430. The molecule has 0 bridgehead atoms. The van der Waals surface area contributed by atoms with Crippen molar-refractivity contribution in [3.63, 3.8) is 0 Å². The maximum absolute atomic E-state index is 13.9. The summed E-state index contributed by atoms with van der Waals surface area (Å²) in [6, 6.07) is 19.8. The van der Waals surface area contributed by atoms with Crippen LogP contribution in [-0.4, -0.2) is 51.9 Å². The number of rotatable bonds is 10. The lowest BCUT2D eigenvalue weighted by Crippen LogP contribution is -2.50. The molecule has 3 rings (SSSR count). The topological polar surface area (TPSA) is 96.0 Å². The Kier molecular flexibility index (Phi) is 8.94. The van der Waals surface area contributed by atoms with Crippen LogP contribution in [0, 0.1) is 13.8 Å². The molecule has 0 radical (unpaired) electrons. The average molecular weight is 524 g/mol. The minimum atomic E-state index is -4.16. The van der Waals surface area contributed by atoms with Crippen molar-refractivity contribution in [2.75, 3.05) is 25.0 Å². The molecule has 0 aliphatic heterocycles. The zero-order valence-electron chi connectivity index (χ0n) is 21.8. The predicted molar refractivity (Wildman–Crippen MR) is 144 cm³/mol. The van der Waals surface area contributed by atoms with Gasteiger partial charge in [0.15, 0.2) is 0 Å². The molecule has 0 aliphatic rings. The van der Waals surface area contributed by atoms with Crippen LogP contribution in [0.3, 0.4) is 0 Å². The van der Waals surface area contributed by atoms with Crippen LogP contribution in [0.25, 0.3) is 0 Å². The number of para-hydroxylation sites is 2. The Morgan fingerprint density at radius 1 is 0.946 bits per heavy atom. The van der Waals surface area contributed by atoms with E-state index in [4.69, 9.17) is 4.74 Å². The second-order valence-electron chi connectivity index (χ2n) is 8.80. The summed E-state index contributed by atoms with van der Waals surface area (Å²) in [6.45, 7) is 5.04. The van der Waals surface area contributed by atoms with Crippen molar-refractivity contribution in [1.82, 2.24) is 10.2 Å². The van der Waals surface area contributed by atoms with E-state index in [1.165, 1.54) is 31.2 Å². The summed E-state index contributed by atoms with van der Waals surface area (Å²) in [5.41, 5.74) is 2.97. The quantitative estimate of drug-likeness (QED) is 0.438. The van der Waals surface area contributed by atoms with E-state index in [-0.39, 0.29) is 23.0 Å². The van der Waals surface area contributed by atoms with Gasteiger partial charge >= 0.3 is 0 Å². The summed E-state index contributed by atoms with van der Waals surface area (Å²) in [5.74, 6) is -0.582. The first kappa shape index (κ1) is 27.7. The first-order valence-electron chi connectivity index (χ1n) is 11.9. The smallest absolute Gasteiger partial charge is 0.264 e. The van der Waals surface area contributed by atoms with Crippen LogP contribution in [0.5, 0.6) is 5.75 Å². The fourth-order valence-corrected chi connectivity index (χ4v) is 5.41. The van der Waals surface area contributed by atoms with Gasteiger partial charge in [0.05, 0.1) is 17.7 Å². The molecule has 0 fully saturated rings. The van der Waals surface area contributed by atoms with E-state index >= 15 is 0 Å². The Labute approximate surface area is 218 Å². The zero-order valence-corrected chi connectivity index (χ0v) is 22.6. The van der Waals surface area contributed by atoms with Gasteiger partial charge in [0.2, 0.25) is 11.8 Å². The fraction of sp³-hybridized carbons (Fsp3) is 0.286. The number of carbonyl (C=O) groups is 2. The third kappa shape index (κ3) is 6.48. The van der Waals surface area contributed by atoms with Gasteiger partial charge in [0.1, 0.15) is 18.3 Å². The standard InChI is InChI=1S/C28H33N3O5S/c1-20-13-15-24(16-14-20)37(34,35)31(25-11-6-7-12-26(25)36-5)19-27(32)30(22(3)28(33)29-4)18-23-10-8-9-21(2)17-23/h6-17,22H,18-19H2,1-5H3,(H,29,33)/t22-/m1/s1. The molecule has 0 saturated carbocycles. The van der Waals surface area contributed by atoms with Crippen molar-refractivity contribution in [1.29, 1.82) is 0 Å². The average Bonchev–Trinajstić information content (AvgIpc) is 2.89. The number of benzene rings is 3. The van der Waals surface area contributed by atoms with Crippen LogP contribution in [0.15, 0.2) is 77.7 Å². The molecule has 0 saturated heterocycles. The van der Waals surface area contributed by atoms with Gasteiger partial charge in [-0.1, -0.05) is 59.7 Å². The predicted octanol–water partition coefficient (Wildman–Crippen LogP) is 3.67. The van der Waals surface area contributed by atoms with Crippen LogP contribution >= 0.6 is 0 Å². The molecule has 1 N–H and O–H groups in total. The molecule has 3 aromatic carbocycles. The first-order chi connectivity index (χ1) is 17.6. The number of nitrogens with one attached hydrogen (secondary N) is 1. The van der Waals surface area contributed by atoms with E-state index in [1.54, 1.807) is 43.3 Å². The number of amides is 2. The van der Waals surface area contributed by atoms with Crippen molar-refractivity contribution in [3.8, 4) is 5.75 Å². The van der Waals surface area contributed by atoms with Gasteiger partial charge in [-0.25, -0.2) is 8.42 Å². The van der Waals surface area contributed by atoms with Gasteiger partial charge in [0.25, 0.3) is 10.0 Å². The highest BCUT2D eigenvalue weighted by Crippen LogP contribution is 2.32. The normalized spacial score (nSPS) is 11.9. The van der Waals surface area contributed by atoms with E-state index in [2.05, 4.69) is 5.32 Å². The molecule has 0 aliphatic carbocycles. The van der Waals surface area contributed by atoms with Crippen molar-refractivity contribution >= 4 is 27.5 Å². The SMILES string of the molecule is CNC(=O)[C@@H](C)N(Cc1cccc(C)c1)C(=O)CN(c1ccccc1OC)S(=O)(=O)c1ccc(C)cc1. The molecule has 0 aromatic heterocycles. The van der Waals surface area contributed by atoms with Gasteiger partial charge in [0, 0.05) is 13.6 Å². The summed E-state index contributed by atoms with van der Waals surface area (Å²) < 4.78 is 34.2. The van der Waals surface area contributed by atoms with Crippen LogP contribution in [-0.2, 0) is 26.2 Å². The molecule has 0 heterocycles. The zero-order chi connectivity index (χ0) is 27.2. The number of methoxy groups -OCH3 is 1. The summed E-state index contributed by atoms with van der Waals surface area (Å²) >= 11 is 0. The largest absolute Gasteiger partial charge is 0.495 e. The Hall–Kier alpha value is -3.85. The molecule has 37 heavy (non-hydrogen) atoms. The van der Waals surface area contributed by atoms with E-state index in [0.717, 1.165) is 21.0 Å². The molecular formula is C28H33N3O5S. The molecule has 196 valence electrons. The van der Waals surface area contributed by atoms with Crippen molar-refractivity contribution in [3.05, 3.63) is 89.5 Å². The van der Waals surface area contributed by atoms with E-state index in [9.17, 15) is 18.0 Å². The van der Waals surface area contributed by atoms with Crippen molar-refractivity contribution < 1.29 is 22.7 Å². The molecule has 2 amide bonds. The van der Waals surface area contributed by atoms with Crippen LogP contribution < -0.4 is 14.4 Å². The van der Waals surface area contributed by atoms with Gasteiger partial charge in [-0.15, -0.1) is 0 Å². The molecule has 3 aromatic rings.